The van der Waals surface area contributed by atoms with Crippen molar-refractivity contribution in [1.29, 1.82) is 0 Å². The number of nitrogen functional groups attached to an aromatic ring is 1. The first-order chi connectivity index (χ1) is 8.77. The number of nitrogens with one attached hydrogen (secondary N) is 1. The molecule has 108 valence electrons. The summed E-state index contributed by atoms with van der Waals surface area (Å²) in [4.78, 5) is -0.255. The summed E-state index contributed by atoms with van der Waals surface area (Å²) in [6, 6.07) is 2.84. The lowest BCUT2D eigenvalue weighted by Gasteiger charge is -2.21. The number of ether oxygens (including phenoxy) is 1. The number of hydrogen-bond donors (Lipinski definition) is 2. The van der Waals surface area contributed by atoms with Gasteiger partial charge in [-0.25, -0.2) is 17.5 Å². The molecule has 0 aliphatic rings. The Labute approximate surface area is 113 Å². The van der Waals surface area contributed by atoms with Gasteiger partial charge in [0.1, 0.15) is 10.7 Å². The Kier molecular flexibility index (Phi) is 5.28. The molecular weight excluding hydrogens is 271 g/mol. The van der Waals surface area contributed by atoms with E-state index in [0.29, 0.717) is 0 Å². The molecule has 5 nitrogen and oxygen atoms in total. The van der Waals surface area contributed by atoms with Crippen LogP contribution in [0.5, 0.6) is 0 Å². The van der Waals surface area contributed by atoms with Crippen molar-refractivity contribution in [2.24, 2.45) is 5.92 Å². The number of hydrogen-bond acceptors (Lipinski definition) is 4. The van der Waals surface area contributed by atoms with Gasteiger partial charge in [-0.3, -0.25) is 0 Å². The summed E-state index contributed by atoms with van der Waals surface area (Å²) in [5.74, 6) is -0.619. The van der Waals surface area contributed by atoms with Gasteiger partial charge in [-0.15, -0.1) is 0 Å². The van der Waals surface area contributed by atoms with Crippen LogP contribution in [0.1, 0.15) is 13.8 Å². The lowest BCUT2D eigenvalue weighted by atomic mass is 10.1. The van der Waals surface area contributed by atoms with Crippen molar-refractivity contribution in [2.75, 3.05) is 19.5 Å². The molecular formula is C12H19FN2O3S. The fraction of sp³-hybridized carbons (Fsp3) is 0.500. The molecule has 1 rings (SSSR count). The van der Waals surface area contributed by atoms with Crippen LogP contribution in [0.4, 0.5) is 10.1 Å². The maximum Gasteiger partial charge on any atom is 0.243 e. The number of methoxy groups -OCH3 is 1. The van der Waals surface area contributed by atoms with Gasteiger partial charge >= 0.3 is 0 Å². The number of benzene rings is 1. The molecule has 1 atom stereocenters. The van der Waals surface area contributed by atoms with Crippen LogP contribution in [-0.2, 0) is 14.8 Å². The van der Waals surface area contributed by atoms with Crippen LogP contribution in [0.2, 0.25) is 0 Å². The molecule has 0 fully saturated rings. The minimum Gasteiger partial charge on any atom is -0.398 e. The molecule has 0 aliphatic carbocycles. The van der Waals surface area contributed by atoms with E-state index in [0.717, 1.165) is 12.1 Å². The predicted molar refractivity (Wildman–Crippen MR) is 71.6 cm³/mol. The van der Waals surface area contributed by atoms with Crippen molar-refractivity contribution in [1.82, 2.24) is 4.72 Å². The summed E-state index contributed by atoms with van der Waals surface area (Å²) in [6.45, 7) is 3.95. The topological polar surface area (TPSA) is 81.4 Å². The Morgan fingerprint density at radius 3 is 2.58 bits per heavy atom. The molecule has 0 aromatic heterocycles. The third kappa shape index (κ3) is 4.15. The lowest BCUT2D eigenvalue weighted by molar-refractivity contribution is 0.157. The minimum atomic E-state index is -3.87. The molecule has 0 aliphatic heterocycles. The predicted octanol–water partition coefficient (Wildman–Crippen LogP) is 1.36. The summed E-state index contributed by atoms with van der Waals surface area (Å²) in [5.41, 5.74) is 5.59. The quantitative estimate of drug-likeness (QED) is 0.775. The second kappa shape index (κ2) is 6.31. The van der Waals surface area contributed by atoms with Crippen molar-refractivity contribution < 1.29 is 17.5 Å². The summed E-state index contributed by atoms with van der Waals surface area (Å²) < 4.78 is 45.0. The zero-order valence-corrected chi connectivity index (χ0v) is 12.0. The van der Waals surface area contributed by atoms with Crippen LogP contribution in [0.3, 0.4) is 0 Å². The molecule has 0 radical (unpaired) electrons. The highest BCUT2D eigenvalue weighted by atomic mass is 32.2. The molecule has 1 unspecified atom stereocenters. The largest absolute Gasteiger partial charge is 0.398 e. The molecule has 0 saturated carbocycles. The van der Waals surface area contributed by atoms with Crippen LogP contribution in [0.25, 0.3) is 0 Å². The molecule has 3 N–H and O–H groups in total. The number of halogens is 1. The van der Waals surface area contributed by atoms with E-state index in [1.54, 1.807) is 0 Å². The first-order valence-electron chi connectivity index (χ1n) is 5.84. The van der Waals surface area contributed by atoms with Crippen LogP contribution >= 0.6 is 0 Å². The summed E-state index contributed by atoms with van der Waals surface area (Å²) >= 11 is 0. The molecule has 0 spiro atoms. The normalized spacial score (nSPS) is 13.7. The van der Waals surface area contributed by atoms with E-state index in [-0.39, 0.29) is 23.1 Å². The maximum atomic E-state index is 13.1. The highest BCUT2D eigenvalue weighted by molar-refractivity contribution is 7.89. The van der Waals surface area contributed by atoms with Gasteiger partial charge in [-0.05, 0) is 24.1 Å². The van der Waals surface area contributed by atoms with E-state index in [1.165, 1.54) is 13.2 Å². The second-order valence-corrected chi connectivity index (χ2v) is 6.29. The van der Waals surface area contributed by atoms with E-state index in [9.17, 15) is 12.8 Å². The van der Waals surface area contributed by atoms with Crippen molar-refractivity contribution in [2.45, 2.75) is 24.8 Å². The second-order valence-electron chi connectivity index (χ2n) is 4.61. The smallest absolute Gasteiger partial charge is 0.243 e. The Morgan fingerprint density at radius 1 is 1.42 bits per heavy atom. The van der Waals surface area contributed by atoms with E-state index in [2.05, 4.69) is 4.72 Å². The van der Waals surface area contributed by atoms with Gasteiger partial charge in [-0.2, -0.15) is 0 Å². The van der Waals surface area contributed by atoms with Crippen LogP contribution < -0.4 is 10.5 Å². The van der Waals surface area contributed by atoms with E-state index < -0.39 is 21.9 Å². The monoisotopic (exact) mass is 290 g/mol. The first kappa shape index (κ1) is 15.9. The molecule has 1 aromatic rings. The van der Waals surface area contributed by atoms with Gasteiger partial charge in [0.25, 0.3) is 0 Å². The number of sulfonamides is 1. The molecule has 0 amide bonds. The Morgan fingerprint density at radius 2 is 2.05 bits per heavy atom. The van der Waals surface area contributed by atoms with E-state index in [4.69, 9.17) is 10.5 Å². The van der Waals surface area contributed by atoms with Crippen molar-refractivity contribution in [3.8, 4) is 0 Å². The summed E-state index contributed by atoms with van der Waals surface area (Å²) in [7, 11) is -2.39. The fourth-order valence-electron chi connectivity index (χ4n) is 1.55. The Balaban J connectivity index is 3.06. The van der Waals surface area contributed by atoms with Gasteiger partial charge in [-0.1, -0.05) is 13.8 Å². The van der Waals surface area contributed by atoms with Crippen molar-refractivity contribution in [3.63, 3.8) is 0 Å². The minimum absolute atomic E-state index is 0.00817. The standard InChI is InChI=1S/C12H19FN2O3S/c1-8(2)11(7-18-3)15-19(16,17)12-6-9(13)4-5-10(12)14/h4-6,8,11,15H,7,14H2,1-3H3. The molecule has 0 saturated heterocycles. The number of rotatable bonds is 6. The molecule has 7 heteroatoms. The number of anilines is 1. The van der Waals surface area contributed by atoms with Gasteiger partial charge < -0.3 is 10.5 Å². The molecule has 0 bridgehead atoms. The maximum absolute atomic E-state index is 13.1. The average Bonchev–Trinajstić information content (AvgIpc) is 2.31. The molecule has 19 heavy (non-hydrogen) atoms. The average molecular weight is 290 g/mol. The van der Waals surface area contributed by atoms with Crippen LogP contribution in [0, 0.1) is 11.7 Å². The molecule has 1 aromatic carbocycles. The third-order valence-corrected chi connectivity index (χ3v) is 4.27. The van der Waals surface area contributed by atoms with Crippen LogP contribution in [0.15, 0.2) is 23.1 Å². The van der Waals surface area contributed by atoms with Gasteiger partial charge in [0.2, 0.25) is 10.0 Å². The third-order valence-electron chi connectivity index (χ3n) is 2.72. The molecule has 0 heterocycles. The lowest BCUT2D eigenvalue weighted by Crippen LogP contribution is -2.41. The Hall–Kier alpha value is -1.18. The zero-order chi connectivity index (χ0) is 14.6. The van der Waals surface area contributed by atoms with Gasteiger partial charge in [0.15, 0.2) is 0 Å². The van der Waals surface area contributed by atoms with Gasteiger partial charge in [0, 0.05) is 13.2 Å². The first-order valence-corrected chi connectivity index (χ1v) is 7.32. The fourth-order valence-corrected chi connectivity index (χ4v) is 3.06. The van der Waals surface area contributed by atoms with E-state index in [1.807, 2.05) is 13.8 Å². The Bertz CT molecular complexity index is 532. The van der Waals surface area contributed by atoms with E-state index >= 15 is 0 Å². The highest BCUT2D eigenvalue weighted by Gasteiger charge is 2.24. The van der Waals surface area contributed by atoms with Gasteiger partial charge in [0.05, 0.1) is 12.3 Å². The zero-order valence-electron chi connectivity index (χ0n) is 11.2. The summed E-state index contributed by atoms with van der Waals surface area (Å²) in [6.07, 6.45) is 0. The van der Waals surface area contributed by atoms with Crippen LogP contribution in [-0.4, -0.2) is 28.2 Å². The highest BCUT2D eigenvalue weighted by Crippen LogP contribution is 2.20. The number of nitrogens with two attached hydrogens (primary N) is 1. The SMILES string of the molecule is COCC(NS(=O)(=O)c1cc(F)ccc1N)C(C)C. The van der Waals surface area contributed by atoms with Crippen molar-refractivity contribution in [3.05, 3.63) is 24.0 Å². The summed E-state index contributed by atoms with van der Waals surface area (Å²) in [5, 5.41) is 0. The van der Waals surface area contributed by atoms with Crippen molar-refractivity contribution >= 4 is 15.7 Å².